The molecule has 1 heterocycles. The lowest BCUT2D eigenvalue weighted by Gasteiger charge is -2.27. The molecule has 1 aromatic carbocycles. The van der Waals surface area contributed by atoms with E-state index in [2.05, 4.69) is 20.9 Å². The fourth-order valence-electron chi connectivity index (χ4n) is 3.76. The fraction of sp³-hybridized carbons (Fsp3) is 0.542. The van der Waals surface area contributed by atoms with Crippen molar-refractivity contribution < 1.29 is 29.0 Å². The third-order valence-electron chi connectivity index (χ3n) is 5.45. The van der Waals surface area contributed by atoms with Crippen LogP contribution in [0.2, 0.25) is 5.02 Å². The molecule has 1 saturated heterocycles. The summed E-state index contributed by atoms with van der Waals surface area (Å²) in [5.74, 6) is -1.69. The SMILES string of the molecule is CC(C)(C)OC(=O)NCC(=O)N1CCC[C@H]1C(=O)N[C@@H](CCCN=C(N)N)C(=O)Nc1ccc(O)c(Cl)c1. The number of rotatable bonds is 10. The number of alkyl carbamates (subject to hydrolysis) is 1. The van der Waals surface area contributed by atoms with Crippen molar-refractivity contribution in [2.75, 3.05) is 25.0 Å². The molecule has 1 aromatic rings. The second-order valence-electron chi connectivity index (χ2n) is 9.77. The quantitative estimate of drug-likeness (QED) is 0.107. The number of halogens is 1. The molecular weight excluding hydrogens is 518 g/mol. The molecule has 0 spiro atoms. The normalized spacial score (nSPS) is 15.8. The van der Waals surface area contributed by atoms with Crippen molar-refractivity contribution in [1.29, 1.82) is 0 Å². The summed E-state index contributed by atoms with van der Waals surface area (Å²) in [6.07, 6.45) is 0.850. The van der Waals surface area contributed by atoms with Gasteiger partial charge < -0.3 is 42.2 Å². The lowest BCUT2D eigenvalue weighted by molar-refractivity contribution is -0.138. The van der Waals surface area contributed by atoms with E-state index in [0.717, 1.165) is 0 Å². The van der Waals surface area contributed by atoms with Gasteiger partial charge in [-0.3, -0.25) is 19.4 Å². The predicted octanol–water partition coefficient (Wildman–Crippen LogP) is 1.04. The van der Waals surface area contributed by atoms with Gasteiger partial charge >= 0.3 is 6.09 Å². The zero-order valence-electron chi connectivity index (χ0n) is 21.8. The maximum Gasteiger partial charge on any atom is 0.408 e. The number of anilines is 1. The molecular formula is C24H36ClN7O6. The number of nitrogens with one attached hydrogen (secondary N) is 3. The van der Waals surface area contributed by atoms with Crippen molar-refractivity contribution in [3.8, 4) is 5.75 Å². The standard InChI is InChI=1S/C24H36ClN7O6/c1-24(2,3)38-23(37)29-13-19(34)32-11-5-7-17(32)21(36)31-16(6-4-10-28-22(26)27)20(35)30-14-8-9-18(33)15(25)12-14/h8-9,12,16-17,33H,4-7,10-11,13H2,1-3H3,(H,29,37)(H,30,35)(H,31,36)(H4,26,27,28)/t16-,17-/m0/s1. The second-order valence-corrected chi connectivity index (χ2v) is 10.2. The summed E-state index contributed by atoms with van der Waals surface area (Å²) in [7, 11) is 0. The lowest BCUT2D eigenvalue weighted by Crippen LogP contribution is -2.53. The molecule has 1 aliphatic rings. The van der Waals surface area contributed by atoms with Crippen molar-refractivity contribution in [2.24, 2.45) is 16.5 Å². The van der Waals surface area contributed by atoms with Gasteiger partial charge in [0.1, 0.15) is 30.0 Å². The number of carbonyl (C=O) groups excluding carboxylic acids is 4. The van der Waals surface area contributed by atoms with E-state index in [0.29, 0.717) is 31.5 Å². The first-order valence-corrected chi connectivity index (χ1v) is 12.6. The molecule has 13 nitrogen and oxygen atoms in total. The Hall–Kier alpha value is -3.74. The third-order valence-corrected chi connectivity index (χ3v) is 5.75. The van der Waals surface area contributed by atoms with Crippen LogP contribution in [0, 0.1) is 0 Å². The van der Waals surface area contributed by atoms with Crippen LogP contribution in [0.1, 0.15) is 46.5 Å². The Balaban J connectivity index is 2.06. The van der Waals surface area contributed by atoms with Crippen LogP contribution in [0.4, 0.5) is 10.5 Å². The number of guanidine groups is 1. The Bertz CT molecular complexity index is 1060. The molecule has 210 valence electrons. The van der Waals surface area contributed by atoms with Crippen LogP contribution in [0.15, 0.2) is 23.2 Å². The third kappa shape index (κ3) is 9.96. The lowest BCUT2D eigenvalue weighted by atomic mass is 10.1. The van der Waals surface area contributed by atoms with Crippen molar-refractivity contribution in [3.05, 3.63) is 23.2 Å². The Morgan fingerprint density at radius 3 is 2.61 bits per heavy atom. The monoisotopic (exact) mass is 553 g/mol. The average Bonchev–Trinajstić information content (AvgIpc) is 3.30. The van der Waals surface area contributed by atoms with E-state index in [1.807, 2.05) is 0 Å². The first-order chi connectivity index (χ1) is 17.8. The van der Waals surface area contributed by atoms with Gasteiger partial charge in [-0.15, -0.1) is 0 Å². The summed E-state index contributed by atoms with van der Waals surface area (Å²) < 4.78 is 5.14. The number of nitrogens with zero attached hydrogens (tertiary/aromatic N) is 2. The number of likely N-dealkylation sites (tertiary alicyclic amines) is 1. The molecule has 0 bridgehead atoms. The van der Waals surface area contributed by atoms with Gasteiger partial charge in [-0.25, -0.2) is 4.79 Å². The maximum absolute atomic E-state index is 13.2. The number of benzene rings is 1. The highest BCUT2D eigenvalue weighted by molar-refractivity contribution is 6.32. The van der Waals surface area contributed by atoms with Gasteiger partial charge in [-0.2, -0.15) is 0 Å². The Morgan fingerprint density at radius 1 is 1.26 bits per heavy atom. The van der Waals surface area contributed by atoms with Gasteiger partial charge in [0.2, 0.25) is 17.7 Å². The highest BCUT2D eigenvalue weighted by Gasteiger charge is 2.36. The molecule has 38 heavy (non-hydrogen) atoms. The molecule has 8 N–H and O–H groups in total. The minimum Gasteiger partial charge on any atom is -0.506 e. The van der Waals surface area contributed by atoms with E-state index in [1.165, 1.54) is 23.1 Å². The zero-order valence-corrected chi connectivity index (χ0v) is 22.5. The van der Waals surface area contributed by atoms with Gasteiger partial charge in [-0.05, 0) is 64.7 Å². The number of carbonyl (C=O) groups is 4. The summed E-state index contributed by atoms with van der Waals surface area (Å²) in [5.41, 5.74) is 10.3. The van der Waals surface area contributed by atoms with Gasteiger partial charge in [-0.1, -0.05) is 11.6 Å². The number of hydrogen-bond acceptors (Lipinski definition) is 7. The molecule has 4 amide bonds. The number of amides is 4. The van der Waals surface area contributed by atoms with Crippen LogP contribution < -0.4 is 27.4 Å². The topological polar surface area (TPSA) is 201 Å². The largest absolute Gasteiger partial charge is 0.506 e. The average molecular weight is 554 g/mol. The van der Waals surface area contributed by atoms with Crippen molar-refractivity contribution >= 4 is 47.1 Å². The number of ether oxygens (including phenoxy) is 1. The van der Waals surface area contributed by atoms with Gasteiger partial charge in [0, 0.05) is 18.8 Å². The number of aromatic hydroxyl groups is 1. The van der Waals surface area contributed by atoms with E-state index in [-0.39, 0.29) is 36.2 Å². The first-order valence-electron chi connectivity index (χ1n) is 12.2. The molecule has 14 heteroatoms. The van der Waals surface area contributed by atoms with Crippen molar-refractivity contribution in [3.63, 3.8) is 0 Å². The highest BCUT2D eigenvalue weighted by atomic mass is 35.5. The van der Waals surface area contributed by atoms with Crippen molar-refractivity contribution in [1.82, 2.24) is 15.5 Å². The van der Waals surface area contributed by atoms with Gasteiger partial charge in [0.05, 0.1) is 5.02 Å². The molecule has 1 aliphatic heterocycles. The molecule has 0 saturated carbocycles. The van der Waals surface area contributed by atoms with E-state index in [9.17, 15) is 24.3 Å². The maximum atomic E-state index is 13.2. The molecule has 1 fully saturated rings. The van der Waals surface area contributed by atoms with E-state index in [1.54, 1.807) is 20.8 Å². The smallest absolute Gasteiger partial charge is 0.408 e. The minimum atomic E-state index is -0.971. The van der Waals surface area contributed by atoms with Crippen molar-refractivity contribution in [2.45, 2.75) is 64.1 Å². The molecule has 0 unspecified atom stereocenters. The Labute approximate surface area is 226 Å². The molecule has 0 radical (unpaired) electrons. The van der Waals surface area contributed by atoms with Crippen LogP contribution >= 0.6 is 11.6 Å². The molecule has 2 rings (SSSR count). The van der Waals surface area contributed by atoms with Gasteiger partial charge in [0.15, 0.2) is 5.96 Å². The zero-order chi connectivity index (χ0) is 28.5. The first kappa shape index (κ1) is 30.5. The Morgan fingerprint density at radius 2 is 1.97 bits per heavy atom. The van der Waals surface area contributed by atoms with E-state index < -0.39 is 41.5 Å². The molecule has 0 aliphatic carbocycles. The summed E-state index contributed by atoms with van der Waals surface area (Å²) in [6, 6.07) is 2.40. The predicted molar refractivity (Wildman–Crippen MR) is 143 cm³/mol. The number of nitrogens with two attached hydrogens (primary N) is 2. The van der Waals surface area contributed by atoms with Crippen LogP contribution in [0.3, 0.4) is 0 Å². The number of phenols is 1. The summed E-state index contributed by atoms with van der Waals surface area (Å²) in [6.45, 7) is 5.36. The van der Waals surface area contributed by atoms with Crippen LogP contribution in [-0.2, 0) is 19.1 Å². The van der Waals surface area contributed by atoms with Gasteiger partial charge in [0.25, 0.3) is 0 Å². The van der Waals surface area contributed by atoms with Crippen LogP contribution in [-0.4, -0.2) is 77.1 Å². The van der Waals surface area contributed by atoms with Crippen LogP contribution in [0.25, 0.3) is 0 Å². The summed E-state index contributed by atoms with van der Waals surface area (Å²) in [5, 5.41) is 17.5. The number of hydrogen-bond donors (Lipinski definition) is 6. The molecule has 2 atom stereocenters. The van der Waals surface area contributed by atoms with E-state index >= 15 is 0 Å². The Kier molecular flexibility index (Phi) is 11.0. The van der Waals surface area contributed by atoms with E-state index in [4.69, 9.17) is 27.8 Å². The minimum absolute atomic E-state index is 0.0521. The molecule has 0 aromatic heterocycles. The highest BCUT2D eigenvalue weighted by Crippen LogP contribution is 2.26. The fourth-order valence-corrected chi connectivity index (χ4v) is 3.94. The number of aliphatic imine (C=N–C) groups is 1. The second kappa shape index (κ2) is 13.7. The summed E-state index contributed by atoms with van der Waals surface area (Å²) in [4.78, 5) is 56.1. The summed E-state index contributed by atoms with van der Waals surface area (Å²) >= 11 is 5.92. The number of phenolic OH excluding ortho intramolecular Hbond substituents is 1. The van der Waals surface area contributed by atoms with Crippen LogP contribution in [0.5, 0.6) is 5.75 Å².